The molecule has 0 aliphatic carbocycles. The number of benzene rings is 7. The lowest BCUT2D eigenvalue weighted by atomic mass is 9.96. The summed E-state index contributed by atoms with van der Waals surface area (Å²) in [5.41, 5.74) is 12.2. The number of aliphatic imine (C=N–C) groups is 2. The Morgan fingerprint density at radius 2 is 1.13 bits per heavy atom. The van der Waals surface area contributed by atoms with Crippen LogP contribution in [0.3, 0.4) is 0 Å². The number of amidine groups is 2. The second kappa shape index (κ2) is 13.0. The molecule has 0 fully saturated rings. The van der Waals surface area contributed by atoms with Gasteiger partial charge in [-0.1, -0.05) is 127 Å². The first-order chi connectivity index (χ1) is 26.3. The largest absolute Gasteiger partial charge is 0.309 e. The maximum Gasteiger partial charge on any atom is 0.235 e. The molecule has 0 radical (unpaired) electrons. The van der Waals surface area contributed by atoms with Crippen LogP contribution >= 0.6 is 0 Å². The van der Waals surface area contributed by atoms with Gasteiger partial charge in [0.05, 0.1) is 22.1 Å². The van der Waals surface area contributed by atoms with Crippen molar-refractivity contribution in [2.45, 2.75) is 6.17 Å². The van der Waals surface area contributed by atoms with E-state index in [9.17, 15) is 0 Å². The van der Waals surface area contributed by atoms with E-state index in [2.05, 4.69) is 168 Å². The molecule has 0 spiro atoms. The van der Waals surface area contributed by atoms with Crippen molar-refractivity contribution in [3.8, 4) is 27.9 Å². The molecule has 1 unspecified atom stereocenters. The minimum Gasteiger partial charge on any atom is -0.309 e. The summed E-state index contributed by atoms with van der Waals surface area (Å²) in [4.78, 5) is 15.0. The van der Waals surface area contributed by atoms with Crippen LogP contribution in [0.15, 0.2) is 198 Å². The minimum atomic E-state index is -0.115. The molecule has 250 valence electrons. The van der Waals surface area contributed by atoms with E-state index in [-0.39, 0.29) is 6.17 Å². The van der Waals surface area contributed by atoms with Crippen LogP contribution in [0, 0.1) is 0 Å². The van der Waals surface area contributed by atoms with Crippen molar-refractivity contribution < 1.29 is 5.32 Å². The number of aromatic nitrogens is 2. The fourth-order valence-electron chi connectivity index (χ4n) is 7.59. The molecule has 1 aliphatic rings. The van der Waals surface area contributed by atoms with E-state index in [4.69, 9.17) is 15.0 Å². The van der Waals surface area contributed by atoms with E-state index >= 15 is 0 Å². The van der Waals surface area contributed by atoms with Gasteiger partial charge in [0, 0.05) is 44.7 Å². The molecule has 3 heterocycles. The van der Waals surface area contributed by atoms with Gasteiger partial charge in [0.1, 0.15) is 0 Å². The van der Waals surface area contributed by atoms with Crippen molar-refractivity contribution in [3.63, 3.8) is 0 Å². The van der Waals surface area contributed by atoms with E-state index in [0.717, 1.165) is 61.6 Å². The molecule has 1 atom stereocenters. The Labute approximate surface area is 307 Å². The molecule has 7 aromatic carbocycles. The van der Waals surface area contributed by atoms with Gasteiger partial charge in [-0.2, -0.15) is 4.99 Å². The summed E-state index contributed by atoms with van der Waals surface area (Å²) in [6, 6.07) is 64.1. The summed E-state index contributed by atoms with van der Waals surface area (Å²) in [7, 11) is 0. The van der Waals surface area contributed by atoms with E-state index in [1.807, 2.05) is 30.5 Å². The molecule has 0 saturated carbocycles. The van der Waals surface area contributed by atoms with E-state index < -0.39 is 0 Å². The lowest BCUT2D eigenvalue weighted by Gasteiger charge is -2.19. The first-order valence-electron chi connectivity index (χ1n) is 18.0. The molecule has 1 aliphatic heterocycles. The third kappa shape index (κ3) is 5.60. The highest BCUT2D eigenvalue weighted by Crippen LogP contribution is 2.37. The molecule has 53 heavy (non-hydrogen) atoms. The Kier molecular flexibility index (Phi) is 7.56. The molecule has 0 saturated heterocycles. The average Bonchev–Trinajstić information content (AvgIpc) is 3.58. The number of para-hydroxylation sites is 2. The molecule has 0 bridgehead atoms. The predicted molar refractivity (Wildman–Crippen MR) is 218 cm³/mol. The van der Waals surface area contributed by atoms with Crippen LogP contribution in [0.25, 0.3) is 60.6 Å². The molecule has 9 aromatic rings. The molecular formula is C48H34N5+. The van der Waals surface area contributed by atoms with Crippen LogP contribution in [0.4, 0.5) is 0 Å². The van der Waals surface area contributed by atoms with Crippen LogP contribution < -0.4 is 5.32 Å². The van der Waals surface area contributed by atoms with Crippen LogP contribution in [0.5, 0.6) is 0 Å². The first kappa shape index (κ1) is 30.8. The van der Waals surface area contributed by atoms with Crippen LogP contribution in [0.1, 0.15) is 22.9 Å². The maximum absolute atomic E-state index is 5.04. The van der Waals surface area contributed by atoms with Gasteiger partial charge in [0.2, 0.25) is 12.0 Å². The van der Waals surface area contributed by atoms with Gasteiger partial charge >= 0.3 is 0 Å². The number of hydrogen-bond donors (Lipinski definition) is 1. The number of fused-ring (bicyclic) bond motifs is 4. The van der Waals surface area contributed by atoms with Crippen molar-refractivity contribution in [1.29, 1.82) is 0 Å². The van der Waals surface area contributed by atoms with E-state index in [1.165, 1.54) is 27.4 Å². The molecular weight excluding hydrogens is 647 g/mol. The second-order valence-corrected chi connectivity index (χ2v) is 13.4. The minimum absolute atomic E-state index is 0.115. The molecule has 5 nitrogen and oxygen atoms in total. The molecule has 2 aromatic heterocycles. The van der Waals surface area contributed by atoms with Gasteiger partial charge in [-0.25, -0.2) is 4.99 Å². The van der Waals surface area contributed by atoms with Gasteiger partial charge in [-0.3, -0.25) is 10.3 Å². The summed E-state index contributed by atoms with van der Waals surface area (Å²) in [5, 5.41) is 5.76. The zero-order valence-electron chi connectivity index (χ0n) is 28.8. The van der Waals surface area contributed by atoms with Gasteiger partial charge in [0.25, 0.3) is 0 Å². The van der Waals surface area contributed by atoms with Crippen molar-refractivity contribution in [3.05, 3.63) is 205 Å². The third-order valence-corrected chi connectivity index (χ3v) is 10.2. The lowest BCUT2D eigenvalue weighted by molar-refractivity contribution is -0.586. The maximum atomic E-state index is 5.04. The Balaban J connectivity index is 1.02. The summed E-state index contributed by atoms with van der Waals surface area (Å²) in [6.07, 6.45) is 1.86. The zero-order chi connectivity index (χ0) is 35.1. The number of hydrogen-bond acceptors (Lipinski definition) is 3. The van der Waals surface area contributed by atoms with Crippen molar-refractivity contribution in [1.82, 2.24) is 9.55 Å². The fraction of sp³-hybridized carbons (Fsp3) is 0.0208. The van der Waals surface area contributed by atoms with E-state index in [1.54, 1.807) is 0 Å². The van der Waals surface area contributed by atoms with Crippen molar-refractivity contribution >= 4 is 44.4 Å². The fourth-order valence-corrected chi connectivity index (χ4v) is 7.59. The Morgan fingerprint density at radius 1 is 0.472 bits per heavy atom. The Hall–Kier alpha value is -6.95. The quantitative estimate of drug-likeness (QED) is 0.187. The van der Waals surface area contributed by atoms with Crippen molar-refractivity contribution in [2.75, 3.05) is 0 Å². The summed E-state index contributed by atoms with van der Waals surface area (Å²) in [6.45, 7) is 0. The number of pyridine rings is 1. The summed E-state index contributed by atoms with van der Waals surface area (Å²) in [5.74, 6) is 1.66. The molecule has 2 N–H and O–H groups in total. The topological polar surface area (TPSA) is 59.1 Å². The highest BCUT2D eigenvalue weighted by Gasteiger charge is 2.25. The normalized spacial score (nSPS) is 14.4. The average molecular weight is 681 g/mol. The molecule has 10 rings (SSSR count). The second-order valence-electron chi connectivity index (χ2n) is 13.4. The van der Waals surface area contributed by atoms with Crippen LogP contribution in [-0.4, -0.2) is 21.2 Å². The number of nitrogens with two attached hydrogens (primary N) is 1. The van der Waals surface area contributed by atoms with Gasteiger partial charge in [0.15, 0.2) is 5.84 Å². The Morgan fingerprint density at radius 3 is 1.94 bits per heavy atom. The van der Waals surface area contributed by atoms with Crippen LogP contribution in [0.2, 0.25) is 0 Å². The van der Waals surface area contributed by atoms with Gasteiger partial charge in [-0.15, -0.1) is 0 Å². The number of quaternary nitrogens is 1. The van der Waals surface area contributed by atoms with Crippen molar-refractivity contribution in [2.24, 2.45) is 9.98 Å². The van der Waals surface area contributed by atoms with Gasteiger partial charge < -0.3 is 4.57 Å². The first-order valence-corrected chi connectivity index (χ1v) is 18.0. The highest BCUT2D eigenvalue weighted by atomic mass is 15.2. The number of nitrogens with zero attached hydrogens (tertiary/aromatic N) is 4. The van der Waals surface area contributed by atoms with Gasteiger partial charge in [-0.05, 0) is 71.3 Å². The molecule has 5 heteroatoms. The van der Waals surface area contributed by atoms with E-state index in [0.29, 0.717) is 0 Å². The summed E-state index contributed by atoms with van der Waals surface area (Å²) < 4.78 is 2.36. The molecule has 0 amide bonds. The lowest BCUT2D eigenvalue weighted by Crippen LogP contribution is -2.90. The standard InChI is InChI=1S/C48H33N5/c1-4-13-33(14-5-1)46-50-47(34-15-6-2-7-16-34)52-48(51-46)35-25-23-32(24-26-35)37-30-41-39(20-12-21-43(41)49-31-37)36-27-28-45-42(29-36)40-19-10-11-22-44(40)53(45)38-17-8-3-9-18-38/h1-31,46H,(H,50,51,52)/p+1. The Bertz CT molecular complexity index is 2840. The predicted octanol–water partition coefficient (Wildman–Crippen LogP) is 10.1. The highest BCUT2D eigenvalue weighted by molar-refractivity contribution is 6.12. The third-order valence-electron chi connectivity index (χ3n) is 10.2. The zero-order valence-corrected chi connectivity index (χ0v) is 28.8. The van der Waals surface area contributed by atoms with Crippen LogP contribution in [-0.2, 0) is 0 Å². The number of rotatable bonds is 6. The monoisotopic (exact) mass is 680 g/mol. The summed E-state index contributed by atoms with van der Waals surface area (Å²) >= 11 is 0. The smallest absolute Gasteiger partial charge is 0.235 e. The SMILES string of the molecule is c1ccc(C2=NC(c3ccccc3)[NH2+]C(c3ccc(-c4cnc5cccc(-c6ccc7c(c6)c6ccccc6n7-c6ccccc6)c5c4)cc3)=N2)cc1.